The van der Waals surface area contributed by atoms with Gasteiger partial charge >= 0.3 is 0 Å². The summed E-state index contributed by atoms with van der Waals surface area (Å²) in [5.74, 6) is 0.205. The highest BCUT2D eigenvalue weighted by Crippen LogP contribution is 2.36. The molecule has 0 spiro atoms. The third kappa shape index (κ3) is 4.34. The highest BCUT2D eigenvalue weighted by Gasteiger charge is 2.22. The molecule has 0 aliphatic rings. The van der Waals surface area contributed by atoms with Crippen LogP contribution in [-0.2, 0) is 11.2 Å². The molecule has 0 saturated heterocycles. The maximum absolute atomic E-state index is 12.6. The second-order valence-corrected chi connectivity index (χ2v) is 6.97. The molecule has 0 fully saturated rings. The number of hydrogen-bond donors (Lipinski definition) is 1. The third-order valence-electron chi connectivity index (χ3n) is 5.25. The van der Waals surface area contributed by atoms with E-state index in [1.807, 2.05) is 18.9 Å². The number of pyridine rings is 2. The van der Waals surface area contributed by atoms with Gasteiger partial charge in [0.05, 0.1) is 18.2 Å². The highest BCUT2D eigenvalue weighted by molar-refractivity contribution is 6.10. The molecule has 0 aliphatic heterocycles. The van der Waals surface area contributed by atoms with Gasteiger partial charge in [-0.2, -0.15) is 0 Å². The lowest BCUT2D eigenvalue weighted by Crippen LogP contribution is -2.20. The van der Waals surface area contributed by atoms with Crippen LogP contribution in [0.25, 0.3) is 33.3 Å². The molecular formula is C26H25N3O3. The summed E-state index contributed by atoms with van der Waals surface area (Å²) in [6, 6.07) is 18.5. The van der Waals surface area contributed by atoms with Crippen LogP contribution in [0.15, 0.2) is 67.0 Å². The van der Waals surface area contributed by atoms with Gasteiger partial charge in [0, 0.05) is 30.4 Å². The van der Waals surface area contributed by atoms with Crippen molar-refractivity contribution in [3.05, 3.63) is 78.1 Å². The first kappa shape index (κ1) is 22.6. The zero-order valence-electron chi connectivity index (χ0n) is 18.4. The van der Waals surface area contributed by atoms with Crippen LogP contribution in [0, 0.1) is 0 Å². The number of methoxy groups -OCH3 is 1. The van der Waals surface area contributed by atoms with Gasteiger partial charge in [0.15, 0.2) is 5.75 Å². The second kappa shape index (κ2) is 10.3. The largest absolute Gasteiger partial charge is 0.494 e. The normalized spacial score (nSPS) is 10.2. The van der Waals surface area contributed by atoms with Crippen molar-refractivity contribution in [2.24, 2.45) is 0 Å². The Morgan fingerprint density at radius 1 is 0.969 bits per heavy atom. The van der Waals surface area contributed by atoms with E-state index < -0.39 is 0 Å². The Morgan fingerprint density at radius 2 is 1.56 bits per heavy atom. The molecular weight excluding hydrogens is 402 g/mol. The molecule has 1 amide bonds. The summed E-state index contributed by atoms with van der Waals surface area (Å²) in [6.07, 6.45) is 4.33. The first-order valence-corrected chi connectivity index (χ1v) is 10.2. The van der Waals surface area contributed by atoms with Crippen LogP contribution in [0.5, 0.6) is 5.75 Å². The number of carbonyl (C=O) groups excluding carboxylic acids is 2. The van der Waals surface area contributed by atoms with Crippen molar-refractivity contribution in [2.45, 2.75) is 13.3 Å². The number of nitrogens with one attached hydrogen (secondary N) is 1. The Bertz CT molecular complexity index is 1220. The smallest absolute Gasteiger partial charge is 0.255 e. The summed E-state index contributed by atoms with van der Waals surface area (Å²) >= 11 is 0. The van der Waals surface area contributed by atoms with E-state index in [4.69, 9.17) is 14.5 Å². The van der Waals surface area contributed by atoms with Crippen LogP contribution < -0.4 is 10.1 Å². The predicted octanol–water partition coefficient (Wildman–Crippen LogP) is 4.71. The molecule has 6 nitrogen and oxygen atoms in total. The topological polar surface area (TPSA) is 81.2 Å². The Balaban J connectivity index is 0.00000141. The number of fused-ring (bicyclic) bond motifs is 1. The maximum Gasteiger partial charge on any atom is 0.255 e. The first-order valence-electron chi connectivity index (χ1n) is 10.2. The van der Waals surface area contributed by atoms with Crippen molar-refractivity contribution in [1.82, 2.24) is 15.3 Å². The molecule has 162 valence electrons. The fourth-order valence-corrected chi connectivity index (χ4v) is 3.59. The lowest BCUT2D eigenvalue weighted by atomic mass is 9.99. The van der Waals surface area contributed by atoms with Gasteiger partial charge in [0.1, 0.15) is 12.5 Å². The predicted molar refractivity (Wildman–Crippen MR) is 127 cm³/mol. The van der Waals surface area contributed by atoms with Crippen LogP contribution in [-0.4, -0.2) is 36.8 Å². The number of amides is 1. The molecule has 6 heteroatoms. The third-order valence-corrected chi connectivity index (χ3v) is 5.25. The SMILES string of the molecule is C=O.CCc1ccc(-c2ccc(-c3nc4ccncc4c(C(=O)NC)c3OC)cc2)cc1. The standard InChI is InChI=1S/C25H23N3O2.CH2O/c1-4-16-5-7-17(8-6-16)18-9-11-19(12-10-18)23-24(30-3)22(25(29)26-2)20-15-27-14-13-21(20)28-23;1-2/h5-15H,4H2,1-3H3,(H,26,29);1H2. The van der Waals surface area contributed by atoms with Gasteiger partial charge in [-0.1, -0.05) is 55.5 Å². The molecule has 0 unspecified atom stereocenters. The lowest BCUT2D eigenvalue weighted by Gasteiger charge is -2.15. The Hall–Kier alpha value is -4.06. The number of aryl methyl sites for hydroxylation is 1. The molecule has 4 aromatic rings. The summed E-state index contributed by atoms with van der Waals surface area (Å²) in [5.41, 5.74) is 6.24. The Kier molecular flexibility index (Phi) is 7.29. The average molecular weight is 428 g/mol. The van der Waals surface area contributed by atoms with Gasteiger partial charge in [-0.15, -0.1) is 0 Å². The van der Waals surface area contributed by atoms with E-state index in [-0.39, 0.29) is 5.91 Å². The second-order valence-electron chi connectivity index (χ2n) is 6.97. The van der Waals surface area contributed by atoms with E-state index in [1.165, 1.54) is 5.56 Å². The monoisotopic (exact) mass is 427 g/mol. The number of aromatic nitrogens is 2. The van der Waals surface area contributed by atoms with Gasteiger partial charge in [-0.05, 0) is 29.2 Å². The van der Waals surface area contributed by atoms with E-state index in [9.17, 15) is 4.79 Å². The van der Waals surface area contributed by atoms with Crippen LogP contribution in [0.1, 0.15) is 22.8 Å². The minimum absolute atomic E-state index is 0.235. The molecule has 0 atom stereocenters. The number of carbonyl (C=O) groups is 2. The number of benzene rings is 2. The van der Waals surface area contributed by atoms with Crippen molar-refractivity contribution in [3.63, 3.8) is 0 Å². The summed E-state index contributed by atoms with van der Waals surface area (Å²) in [7, 11) is 3.15. The minimum atomic E-state index is -0.235. The van der Waals surface area contributed by atoms with Crippen molar-refractivity contribution in [1.29, 1.82) is 0 Å². The summed E-state index contributed by atoms with van der Waals surface area (Å²) in [5, 5.41) is 3.35. The molecule has 0 saturated carbocycles. The van der Waals surface area contributed by atoms with Crippen LogP contribution in [0.4, 0.5) is 0 Å². The molecule has 2 aromatic heterocycles. The number of ether oxygens (including phenoxy) is 1. The first-order chi connectivity index (χ1) is 15.7. The van der Waals surface area contributed by atoms with Gasteiger partial charge in [0.25, 0.3) is 5.91 Å². The Morgan fingerprint density at radius 3 is 2.12 bits per heavy atom. The number of rotatable bonds is 5. The zero-order valence-corrected chi connectivity index (χ0v) is 18.4. The van der Waals surface area contributed by atoms with Crippen LogP contribution in [0.2, 0.25) is 0 Å². The summed E-state index contributed by atoms with van der Waals surface area (Å²) in [6.45, 7) is 4.15. The molecule has 1 N–H and O–H groups in total. The van der Waals surface area contributed by atoms with Gasteiger partial charge in [0.2, 0.25) is 0 Å². The fourth-order valence-electron chi connectivity index (χ4n) is 3.59. The van der Waals surface area contributed by atoms with Crippen molar-refractivity contribution < 1.29 is 14.3 Å². The van der Waals surface area contributed by atoms with E-state index >= 15 is 0 Å². The fraction of sp³-hybridized carbons (Fsp3) is 0.154. The molecule has 0 radical (unpaired) electrons. The molecule has 0 bridgehead atoms. The maximum atomic E-state index is 12.6. The van der Waals surface area contributed by atoms with Crippen LogP contribution >= 0.6 is 0 Å². The molecule has 4 rings (SSSR count). The van der Waals surface area contributed by atoms with Crippen molar-refractivity contribution in [3.8, 4) is 28.1 Å². The highest BCUT2D eigenvalue weighted by atomic mass is 16.5. The molecule has 2 aromatic carbocycles. The van der Waals surface area contributed by atoms with E-state index in [0.717, 1.165) is 23.1 Å². The number of hydrogen-bond acceptors (Lipinski definition) is 5. The van der Waals surface area contributed by atoms with Crippen LogP contribution in [0.3, 0.4) is 0 Å². The lowest BCUT2D eigenvalue weighted by molar-refractivity contribution is -0.0980. The van der Waals surface area contributed by atoms with Gasteiger partial charge in [-0.3, -0.25) is 9.78 Å². The van der Waals surface area contributed by atoms with Gasteiger partial charge < -0.3 is 14.8 Å². The number of nitrogens with zero attached hydrogens (tertiary/aromatic N) is 2. The van der Waals surface area contributed by atoms with Crippen molar-refractivity contribution >= 4 is 23.6 Å². The van der Waals surface area contributed by atoms with E-state index in [2.05, 4.69) is 53.6 Å². The van der Waals surface area contributed by atoms with E-state index in [1.54, 1.807) is 32.6 Å². The van der Waals surface area contributed by atoms with Gasteiger partial charge in [-0.25, -0.2) is 4.98 Å². The minimum Gasteiger partial charge on any atom is -0.494 e. The zero-order chi connectivity index (χ0) is 23.1. The van der Waals surface area contributed by atoms with Crippen molar-refractivity contribution in [2.75, 3.05) is 14.2 Å². The summed E-state index contributed by atoms with van der Waals surface area (Å²) < 4.78 is 5.65. The molecule has 0 aliphatic carbocycles. The quantitative estimate of drug-likeness (QED) is 0.499. The molecule has 32 heavy (non-hydrogen) atoms. The summed E-state index contributed by atoms with van der Waals surface area (Å²) in [4.78, 5) is 29.6. The Labute approximate surface area is 187 Å². The van der Waals surface area contributed by atoms with E-state index in [0.29, 0.717) is 27.9 Å². The average Bonchev–Trinajstić information content (AvgIpc) is 2.88. The molecule has 2 heterocycles.